The second-order valence-electron chi connectivity index (χ2n) is 5.09. The van der Waals surface area contributed by atoms with Crippen molar-refractivity contribution in [2.75, 3.05) is 0 Å². The Kier molecular flexibility index (Phi) is 2.91. The van der Waals surface area contributed by atoms with Crippen LogP contribution in [0.3, 0.4) is 0 Å². The van der Waals surface area contributed by atoms with Crippen LogP contribution in [0.15, 0.2) is 11.0 Å². The van der Waals surface area contributed by atoms with Gasteiger partial charge in [-0.15, -0.1) is 0 Å². The van der Waals surface area contributed by atoms with Gasteiger partial charge in [-0.1, -0.05) is 39.5 Å². The first-order valence-corrected chi connectivity index (χ1v) is 5.44. The third kappa shape index (κ3) is 1.93. The number of aryl methyl sites for hydroxylation is 2. The summed E-state index contributed by atoms with van der Waals surface area (Å²) in [4.78, 5) is 1.05. The van der Waals surface area contributed by atoms with E-state index in [1.165, 1.54) is 22.3 Å². The average Bonchev–Trinajstić information content (AvgIpc) is 1.97. The summed E-state index contributed by atoms with van der Waals surface area (Å²) in [5.41, 5.74) is 5.37. The smallest absolute Gasteiger partial charge is 0.0448 e. The van der Waals surface area contributed by atoms with Crippen LogP contribution in [0.4, 0.5) is 0 Å². The van der Waals surface area contributed by atoms with Crippen molar-refractivity contribution >= 4 is 12.6 Å². The topological polar surface area (TPSA) is 0 Å². The SMILES string of the molecule is Cc1cc(C)c(C(C)(C)C)c([S])c1C. The molecule has 1 heteroatoms. The molecule has 0 aliphatic rings. The third-order valence-electron chi connectivity index (χ3n) is 2.74. The van der Waals surface area contributed by atoms with Gasteiger partial charge in [0.05, 0.1) is 0 Å². The predicted molar refractivity (Wildman–Crippen MR) is 65.2 cm³/mol. The van der Waals surface area contributed by atoms with Gasteiger partial charge >= 0.3 is 0 Å². The van der Waals surface area contributed by atoms with Crippen molar-refractivity contribution in [3.8, 4) is 0 Å². The Labute approximate surface area is 93.1 Å². The summed E-state index contributed by atoms with van der Waals surface area (Å²) >= 11 is 5.52. The van der Waals surface area contributed by atoms with Gasteiger partial charge in [-0.2, -0.15) is 0 Å². The fourth-order valence-electron chi connectivity index (χ4n) is 1.98. The highest BCUT2D eigenvalue weighted by molar-refractivity contribution is 7.80. The summed E-state index contributed by atoms with van der Waals surface area (Å²) < 4.78 is 0. The van der Waals surface area contributed by atoms with Crippen molar-refractivity contribution in [2.24, 2.45) is 0 Å². The molecule has 0 spiro atoms. The van der Waals surface area contributed by atoms with Gasteiger partial charge in [-0.3, -0.25) is 0 Å². The minimum atomic E-state index is 0.152. The largest absolute Gasteiger partial charge is 0.0795 e. The van der Waals surface area contributed by atoms with Crippen molar-refractivity contribution in [2.45, 2.75) is 51.9 Å². The number of benzene rings is 1. The molecule has 0 atom stereocenters. The molecule has 1 rings (SSSR count). The van der Waals surface area contributed by atoms with Crippen LogP contribution < -0.4 is 0 Å². The van der Waals surface area contributed by atoms with Crippen LogP contribution in [0.2, 0.25) is 0 Å². The Hall–Kier alpha value is -0.560. The van der Waals surface area contributed by atoms with Gasteiger partial charge in [0.15, 0.2) is 0 Å². The fraction of sp³-hybridized carbons (Fsp3) is 0.538. The molecule has 0 bridgehead atoms. The van der Waals surface area contributed by atoms with Gasteiger partial charge in [0.25, 0.3) is 0 Å². The number of hydrogen-bond acceptors (Lipinski definition) is 0. The van der Waals surface area contributed by atoms with Gasteiger partial charge in [0, 0.05) is 4.90 Å². The quantitative estimate of drug-likeness (QED) is 0.589. The lowest BCUT2D eigenvalue weighted by Crippen LogP contribution is -2.15. The molecule has 0 aliphatic heterocycles. The summed E-state index contributed by atoms with van der Waals surface area (Å²) in [6.45, 7) is 13.1. The fourth-order valence-corrected chi connectivity index (χ4v) is 2.61. The zero-order valence-corrected chi connectivity index (χ0v) is 10.8. The molecule has 0 N–H and O–H groups in total. The minimum Gasteiger partial charge on any atom is -0.0795 e. The minimum absolute atomic E-state index is 0.152. The molecule has 0 fully saturated rings. The molecule has 1 aromatic carbocycles. The van der Waals surface area contributed by atoms with Gasteiger partial charge < -0.3 is 0 Å². The molecule has 77 valence electrons. The summed E-state index contributed by atoms with van der Waals surface area (Å²) in [5.74, 6) is 0. The van der Waals surface area contributed by atoms with Crippen molar-refractivity contribution in [1.29, 1.82) is 0 Å². The zero-order chi connectivity index (χ0) is 11.1. The number of hydrogen-bond donors (Lipinski definition) is 0. The van der Waals surface area contributed by atoms with Crippen LogP contribution >= 0.6 is 12.6 Å². The highest BCUT2D eigenvalue weighted by Gasteiger charge is 2.21. The van der Waals surface area contributed by atoms with Crippen LogP contribution in [0.5, 0.6) is 0 Å². The monoisotopic (exact) mass is 207 g/mol. The third-order valence-corrected chi connectivity index (χ3v) is 3.25. The zero-order valence-electron chi connectivity index (χ0n) is 9.99. The maximum atomic E-state index is 5.52. The van der Waals surface area contributed by atoms with Gasteiger partial charge in [-0.25, -0.2) is 0 Å². The Bertz CT molecular complexity index is 356. The lowest BCUT2D eigenvalue weighted by atomic mass is 9.82. The van der Waals surface area contributed by atoms with Gasteiger partial charge in [0.1, 0.15) is 0 Å². The Morgan fingerprint density at radius 1 is 1.00 bits per heavy atom. The van der Waals surface area contributed by atoms with E-state index in [1.807, 2.05) is 0 Å². The van der Waals surface area contributed by atoms with E-state index in [2.05, 4.69) is 47.6 Å². The van der Waals surface area contributed by atoms with E-state index in [4.69, 9.17) is 12.6 Å². The highest BCUT2D eigenvalue weighted by atomic mass is 32.1. The van der Waals surface area contributed by atoms with E-state index >= 15 is 0 Å². The van der Waals surface area contributed by atoms with Crippen molar-refractivity contribution in [3.63, 3.8) is 0 Å². The molecular formula is C13H19S. The molecule has 0 amide bonds. The molecule has 0 saturated carbocycles. The first-order valence-electron chi connectivity index (χ1n) is 5.03. The normalized spacial score (nSPS) is 11.9. The molecule has 1 aromatic rings. The predicted octanol–water partition coefficient (Wildman–Crippen LogP) is 4.47. The maximum absolute atomic E-state index is 5.52. The Morgan fingerprint density at radius 3 is 1.93 bits per heavy atom. The first-order chi connectivity index (χ1) is 6.25. The van der Waals surface area contributed by atoms with E-state index < -0.39 is 0 Å². The van der Waals surface area contributed by atoms with E-state index in [9.17, 15) is 0 Å². The Morgan fingerprint density at radius 2 is 1.50 bits per heavy atom. The molecule has 1 radical (unpaired) electrons. The molecule has 0 aliphatic carbocycles. The number of rotatable bonds is 0. The first kappa shape index (κ1) is 11.5. The van der Waals surface area contributed by atoms with E-state index in [-0.39, 0.29) is 5.41 Å². The van der Waals surface area contributed by atoms with Crippen molar-refractivity contribution in [3.05, 3.63) is 28.3 Å². The summed E-state index contributed by atoms with van der Waals surface area (Å²) in [5, 5.41) is 0. The molecule has 14 heavy (non-hydrogen) atoms. The van der Waals surface area contributed by atoms with Gasteiger partial charge in [-0.05, 0) is 48.4 Å². The van der Waals surface area contributed by atoms with Gasteiger partial charge in [0.2, 0.25) is 0 Å². The molecule has 0 saturated heterocycles. The van der Waals surface area contributed by atoms with Crippen LogP contribution in [-0.2, 0) is 5.41 Å². The Balaban J connectivity index is 3.53. The second-order valence-corrected chi connectivity index (χ2v) is 5.50. The average molecular weight is 207 g/mol. The standard InChI is InChI=1S/C13H19S/c1-8-7-9(2)11(13(4,5)6)12(14)10(8)3/h7H,1-6H3. The lowest BCUT2D eigenvalue weighted by molar-refractivity contribution is 0.572. The summed E-state index contributed by atoms with van der Waals surface area (Å²) in [7, 11) is 0. The van der Waals surface area contributed by atoms with Crippen LogP contribution in [-0.4, -0.2) is 0 Å². The van der Waals surface area contributed by atoms with Crippen molar-refractivity contribution in [1.82, 2.24) is 0 Å². The van der Waals surface area contributed by atoms with E-state index in [1.54, 1.807) is 0 Å². The molecule has 0 aromatic heterocycles. The molecule has 0 unspecified atom stereocenters. The van der Waals surface area contributed by atoms with E-state index in [0.29, 0.717) is 0 Å². The lowest BCUT2D eigenvalue weighted by Gasteiger charge is -2.25. The van der Waals surface area contributed by atoms with Crippen LogP contribution in [0, 0.1) is 20.8 Å². The van der Waals surface area contributed by atoms with Crippen LogP contribution in [0.1, 0.15) is 43.0 Å². The highest BCUT2D eigenvalue weighted by Crippen LogP contribution is 2.34. The summed E-state index contributed by atoms with van der Waals surface area (Å²) in [6.07, 6.45) is 0. The summed E-state index contributed by atoms with van der Waals surface area (Å²) in [6, 6.07) is 2.24. The maximum Gasteiger partial charge on any atom is 0.0448 e. The van der Waals surface area contributed by atoms with E-state index in [0.717, 1.165) is 4.90 Å². The second kappa shape index (κ2) is 3.54. The molecule has 0 heterocycles. The molecule has 0 nitrogen and oxygen atoms in total. The van der Waals surface area contributed by atoms with Crippen molar-refractivity contribution < 1.29 is 0 Å². The van der Waals surface area contributed by atoms with Crippen LogP contribution in [0.25, 0.3) is 0 Å². The molecular weight excluding hydrogens is 188 g/mol.